The second kappa shape index (κ2) is 10.1. The zero-order chi connectivity index (χ0) is 20.7. The monoisotopic (exact) mass is 449 g/mol. The van der Waals surface area contributed by atoms with Gasteiger partial charge >= 0.3 is 5.97 Å². The van der Waals surface area contributed by atoms with E-state index in [1.807, 2.05) is 38.1 Å². The number of nitrogens with one attached hydrogen (secondary N) is 1. The normalized spacial score (nSPS) is 11.6. The molecular formula is C21H24BrNO5. The Morgan fingerprint density at radius 2 is 1.64 bits per heavy atom. The summed E-state index contributed by atoms with van der Waals surface area (Å²) in [5, 5.41) is 2.75. The molecule has 0 aliphatic carbocycles. The van der Waals surface area contributed by atoms with Crippen molar-refractivity contribution in [2.45, 2.75) is 26.5 Å². The highest BCUT2D eigenvalue weighted by molar-refractivity contribution is 9.10. The summed E-state index contributed by atoms with van der Waals surface area (Å²) in [6.45, 7) is 3.81. The third-order valence-corrected chi connectivity index (χ3v) is 4.92. The van der Waals surface area contributed by atoms with Crippen molar-refractivity contribution >= 4 is 27.8 Å². The van der Waals surface area contributed by atoms with Crippen LogP contribution in [0.2, 0.25) is 0 Å². The molecule has 0 saturated heterocycles. The summed E-state index contributed by atoms with van der Waals surface area (Å²) in [6, 6.07) is 11.5. The van der Waals surface area contributed by atoms with Crippen LogP contribution >= 0.6 is 15.9 Å². The quantitative estimate of drug-likeness (QED) is 0.617. The van der Waals surface area contributed by atoms with E-state index in [-0.39, 0.29) is 12.5 Å². The highest BCUT2D eigenvalue weighted by Crippen LogP contribution is 2.23. The minimum absolute atomic E-state index is 0.117. The lowest BCUT2D eigenvalue weighted by Gasteiger charge is -2.21. The van der Waals surface area contributed by atoms with Gasteiger partial charge in [-0.2, -0.15) is 0 Å². The standard InChI is InChI=1S/C21H24BrNO5/c1-13(2)19(21(25)28-12-14-7-5-6-8-18(14)22)23-20(24)15-9-16(26-3)11-17(10-15)27-4/h5-11,13,19H,12H2,1-4H3,(H,23,24). The van der Waals surface area contributed by atoms with Crippen molar-refractivity contribution in [3.05, 3.63) is 58.1 Å². The van der Waals surface area contributed by atoms with Gasteiger partial charge in [0.15, 0.2) is 0 Å². The van der Waals surface area contributed by atoms with Crippen molar-refractivity contribution in [2.24, 2.45) is 5.92 Å². The predicted molar refractivity (Wildman–Crippen MR) is 110 cm³/mol. The zero-order valence-electron chi connectivity index (χ0n) is 16.3. The fraction of sp³-hybridized carbons (Fsp3) is 0.333. The van der Waals surface area contributed by atoms with E-state index in [9.17, 15) is 9.59 Å². The molecule has 6 nitrogen and oxygen atoms in total. The van der Waals surface area contributed by atoms with Crippen LogP contribution < -0.4 is 14.8 Å². The van der Waals surface area contributed by atoms with Gasteiger partial charge in [-0.15, -0.1) is 0 Å². The van der Waals surface area contributed by atoms with Crippen molar-refractivity contribution in [1.29, 1.82) is 0 Å². The van der Waals surface area contributed by atoms with Gasteiger partial charge in [0.1, 0.15) is 24.1 Å². The number of amides is 1. The first kappa shape index (κ1) is 21.8. The van der Waals surface area contributed by atoms with Crippen LogP contribution in [0.15, 0.2) is 46.9 Å². The zero-order valence-corrected chi connectivity index (χ0v) is 17.9. The SMILES string of the molecule is COc1cc(OC)cc(C(=O)NC(C(=O)OCc2ccccc2Br)C(C)C)c1. The summed E-state index contributed by atoms with van der Waals surface area (Å²) in [5.41, 5.74) is 1.18. The fourth-order valence-electron chi connectivity index (χ4n) is 2.51. The molecule has 0 bridgehead atoms. The van der Waals surface area contributed by atoms with Crippen LogP contribution in [-0.2, 0) is 16.1 Å². The molecule has 0 saturated carbocycles. The van der Waals surface area contributed by atoms with E-state index in [4.69, 9.17) is 14.2 Å². The summed E-state index contributed by atoms with van der Waals surface area (Å²) >= 11 is 3.43. The van der Waals surface area contributed by atoms with E-state index in [0.717, 1.165) is 10.0 Å². The predicted octanol–water partition coefficient (Wildman–Crippen LogP) is 3.96. The largest absolute Gasteiger partial charge is 0.497 e. The Hall–Kier alpha value is -2.54. The summed E-state index contributed by atoms with van der Waals surface area (Å²) in [7, 11) is 3.01. The van der Waals surface area contributed by atoms with Gasteiger partial charge in [0, 0.05) is 21.7 Å². The molecule has 2 aromatic carbocycles. The lowest BCUT2D eigenvalue weighted by molar-refractivity contribution is -0.148. The molecule has 1 amide bonds. The molecule has 0 fully saturated rings. The van der Waals surface area contributed by atoms with Gasteiger partial charge in [-0.3, -0.25) is 4.79 Å². The Morgan fingerprint density at radius 3 is 2.18 bits per heavy atom. The molecule has 0 spiro atoms. The van der Waals surface area contributed by atoms with Gasteiger partial charge in [0.05, 0.1) is 14.2 Å². The highest BCUT2D eigenvalue weighted by Gasteiger charge is 2.26. The minimum Gasteiger partial charge on any atom is -0.497 e. The van der Waals surface area contributed by atoms with Gasteiger partial charge in [0.25, 0.3) is 5.91 Å². The molecule has 28 heavy (non-hydrogen) atoms. The number of hydrogen-bond donors (Lipinski definition) is 1. The smallest absolute Gasteiger partial charge is 0.329 e. The van der Waals surface area contributed by atoms with Crippen LogP contribution in [0.5, 0.6) is 11.5 Å². The summed E-state index contributed by atoms with van der Waals surface area (Å²) < 4.78 is 16.7. The molecular weight excluding hydrogens is 426 g/mol. The molecule has 0 aromatic heterocycles. The first-order valence-corrected chi connectivity index (χ1v) is 9.59. The maximum absolute atomic E-state index is 12.7. The average molecular weight is 450 g/mol. The Labute approximate surface area is 173 Å². The van der Waals surface area contributed by atoms with E-state index in [2.05, 4.69) is 21.2 Å². The summed E-state index contributed by atoms with van der Waals surface area (Å²) in [5.74, 6) is -0.0740. The first-order valence-electron chi connectivity index (χ1n) is 8.79. The number of esters is 1. The number of carbonyl (C=O) groups excluding carboxylic acids is 2. The molecule has 1 atom stereocenters. The molecule has 1 N–H and O–H groups in total. The van der Waals surface area contributed by atoms with Gasteiger partial charge in [-0.1, -0.05) is 48.0 Å². The third-order valence-electron chi connectivity index (χ3n) is 4.15. The van der Waals surface area contributed by atoms with Gasteiger partial charge in [-0.25, -0.2) is 4.79 Å². The number of hydrogen-bond acceptors (Lipinski definition) is 5. The molecule has 7 heteroatoms. The van der Waals surface area contributed by atoms with Crippen molar-refractivity contribution < 1.29 is 23.8 Å². The van der Waals surface area contributed by atoms with Gasteiger partial charge < -0.3 is 19.5 Å². The molecule has 0 aliphatic heterocycles. The van der Waals surface area contributed by atoms with E-state index >= 15 is 0 Å². The van der Waals surface area contributed by atoms with Crippen molar-refractivity contribution in [1.82, 2.24) is 5.32 Å². The highest BCUT2D eigenvalue weighted by atomic mass is 79.9. The van der Waals surface area contributed by atoms with Crippen LogP contribution in [-0.4, -0.2) is 32.1 Å². The summed E-state index contributed by atoms with van der Waals surface area (Å²) in [4.78, 5) is 25.3. The van der Waals surface area contributed by atoms with E-state index < -0.39 is 17.9 Å². The Kier molecular flexibility index (Phi) is 7.87. The number of rotatable bonds is 8. The number of benzene rings is 2. The van der Waals surface area contributed by atoms with Gasteiger partial charge in [-0.05, 0) is 24.1 Å². The molecule has 0 radical (unpaired) electrons. The average Bonchev–Trinajstić information content (AvgIpc) is 2.70. The maximum atomic E-state index is 12.7. The molecule has 2 rings (SSSR count). The van der Waals surface area contributed by atoms with Crippen LogP contribution in [0.3, 0.4) is 0 Å². The molecule has 0 heterocycles. The second-order valence-corrected chi connectivity index (χ2v) is 7.35. The number of methoxy groups -OCH3 is 2. The lowest BCUT2D eigenvalue weighted by atomic mass is 10.0. The molecule has 2 aromatic rings. The van der Waals surface area contributed by atoms with E-state index in [1.54, 1.807) is 18.2 Å². The number of halogens is 1. The van der Waals surface area contributed by atoms with Crippen molar-refractivity contribution in [2.75, 3.05) is 14.2 Å². The molecule has 1 unspecified atom stereocenters. The topological polar surface area (TPSA) is 73.9 Å². The third kappa shape index (κ3) is 5.73. The second-order valence-electron chi connectivity index (χ2n) is 6.50. The maximum Gasteiger partial charge on any atom is 0.329 e. The number of ether oxygens (including phenoxy) is 3. The Morgan fingerprint density at radius 1 is 1.04 bits per heavy atom. The Balaban J connectivity index is 2.10. The van der Waals surface area contributed by atoms with Crippen LogP contribution in [0.4, 0.5) is 0 Å². The Bertz CT molecular complexity index is 815. The van der Waals surface area contributed by atoms with Crippen LogP contribution in [0.25, 0.3) is 0 Å². The van der Waals surface area contributed by atoms with Crippen molar-refractivity contribution in [3.63, 3.8) is 0 Å². The van der Waals surface area contributed by atoms with Crippen LogP contribution in [0, 0.1) is 5.92 Å². The minimum atomic E-state index is -0.785. The lowest BCUT2D eigenvalue weighted by Crippen LogP contribution is -2.45. The van der Waals surface area contributed by atoms with Gasteiger partial charge in [0.2, 0.25) is 0 Å². The van der Waals surface area contributed by atoms with E-state index in [0.29, 0.717) is 17.1 Å². The van der Waals surface area contributed by atoms with Crippen molar-refractivity contribution in [3.8, 4) is 11.5 Å². The fourth-order valence-corrected chi connectivity index (χ4v) is 2.91. The van der Waals surface area contributed by atoms with Crippen LogP contribution in [0.1, 0.15) is 29.8 Å². The summed E-state index contributed by atoms with van der Waals surface area (Å²) in [6.07, 6.45) is 0. The van der Waals surface area contributed by atoms with E-state index in [1.165, 1.54) is 14.2 Å². The number of carbonyl (C=O) groups is 2. The molecule has 0 aliphatic rings. The first-order chi connectivity index (χ1) is 13.3. The molecule has 150 valence electrons.